The van der Waals surface area contributed by atoms with Crippen LogP contribution in [0.25, 0.3) is 0 Å². The molecule has 1 aromatic carbocycles. The molecule has 3 heteroatoms. The van der Waals surface area contributed by atoms with Crippen LogP contribution in [0.4, 0.5) is 5.69 Å². The van der Waals surface area contributed by atoms with Crippen LogP contribution in [0.2, 0.25) is 0 Å². The number of amides is 1. The maximum Gasteiger partial charge on any atom is 0.229 e. The van der Waals surface area contributed by atoms with Crippen molar-refractivity contribution in [1.82, 2.24) is 0 Å². The van der Waals surface area contributed by atoms with Gasteiger partial charge in [-0.15, -0.1) is 0 Å². The third kappa shape index (κ3) is 2.25. The summed E-state index contributed by atoms with van der Waals surface area (Å²) in [6.45, 7) is 4.24. The van der Waals surface area contributed by atoms with Crippen molar-refractivity contribution in [3.8, 4) is 0 Å². The summed E-state index contributed by atoms with van der Waals surface area (Å²) >= 11 is 0. The van der Waals surface area contributed by atoms with Crippen molar-refractivity contribution in [3.63, 3.8) is 0 Å². The Morgan fingerprint density at radius 3 is 2.62 bits per heavy atom. The average Bonchev–Trinajstić information content (AvgIpc) is 2.96. The van der Waals surface area contributed by atoms with E-state index in [1.807, 2.05) is 24.3 Å². The molecule has 0 spiro atoms. The summed E-state index contributed by atoms with van der Waals surface area (Å²) in [7, 11) is 0. The van der Waals surface area contributed by atoms with E-state index in [-0.39, 0.29) is 17.9 Å². The Hall–Kier alpha value is -1.35. The van der Waals surface area contributed by atoms with Gasteiger partial charge in [-0.3, -0.25) is 4.79 Å². The highest BCUT2D eigenvalue weighted by atomic mass is 16.2. The Kier molecular flexibility index (Phi) is 2.97. The monoisotopic (exact) mass is 218 g/mol. The summed E-state index contributed by atoms with van der Waals surface area (Å²) < 4.78 is 0. The normalized spacial score (nSPS) is 23.2. The third-order valence-corrected chi connectivity index (χ3v) is 3.02. The lowest BCUT2D eigenvalue weighted by molar-refractivity contribution is -0.117. The van der Waals surface area contributed by atoms with E-state index in [1.165, 1.54) is 5.56 Å². The minimum absolute atomic E-state index is 0.0141. The van der Waals surface area contributed by atoms with Gasteiger partial charge in [0.15, 0.2) is 0 Å². The molecule has 1 aliphatic carbocycles. The van der Waals surface area contributed by atoms with Crippen LogP contribution in [0.1, 0.15) is 31.7 Å². The maximum absolute atomic E-state index is 11.8. The molecule has 1 saturated carbocycles. The Morgan fingerprint density at radius 1 is 1.44 bits per heavy atom. The van der Waals surface area contributed by atoms with Gasteiger partial charge in [-0.25, -0.2) is 0 Å². The second-order valence-corrected chi connectivity index (χ2v) is 4.74. The minimum atomic E-state index is 0.0141. The highest BCUT2D eigenvalue weighted by molar-refractivity contribution is 5.95. The van der Waals surface area contributed by atoms with Crippen molar-refractivity contribution < 1.29 is 4.79 Å². The molecule has 0 heterocycles. The van der Waals surface area contributed by atoms with E-state index in [4.69, 9.17) is 5.73 Å². The fourth-order valence-electron chi connectivity index (χ4n) is 1.86. The van der Waals surface area contributed by atoms with Crippen molar-refractivity contribution in [2.45, 2.75) is 32.2 Å². The number of carbonyl (C=O) groups excluding carboxylic acids is 1. The van der Waals surface area contributed by atoms with Gasteiger partial charge in [0, 0.05) is 11.7 Å². The van der Waals surface area contributed by atoms with Crippen molar-refractivity contribution in [2.24, 2.45) is 11.7 Å². The van der Waals surface area contributed by atoms with Crippen molar-refractivity contribution in [1.29, 1.82) is 0 Å². The zero-order valence-corrected chi connectivity index (χ0v) is 9.73. The Labute approximate surface area is 96.0 Å². The molecular formula is C13H18N2O. The fraction of sp³-hybridized carbons (Fsp3) is 0.462. The quantitative estimate of drug-likeness (QED) is 0.816. The molecule has 86 valence electrons. The van der Waals surface area contributed by atoms with Gasteiger partial charge in [-0.1, -0.05) is 32.0 Å². The Balaban J connectivity index is 2.11. The van der Waals surface area contributed by atoms with Crippen LogP contribution < -0.4 is 11.1 Å². The van der Waals surface area contributed by atoms with E-state index >= 15 is 0 Å². The summed E-state index contributed by atoms with van der Waals surface area (Å²) in [4.78, 5) is 11.8. The second kappa shape index (κ2) is 4.26. The van der Waals surface area contributed by atoms with Gasteiger partial charge in [0.1, 0.15) is 0 Å². The largest absolute Gasteiger partial charge is 0.327 e. The first kappa shape index (κ1) is 11.1. The van der Waals surface area contributed by atoms with E-state index in [2.05, 4.69) is 19.2 Å². The number of rotatable bonds is 3. The zero-order valence-electron chi connectivity index (χ0n) is 9.73. The maximum atomic E-state index is 11.8. The summed E-state index contributed by atoms with van der Waals surface area (Å²) in [5.41, 5.74) is 7.75. The minimum Gasteiger partial charge on any atom is -0.327 e. The molecule has 1 aromatic rings. The molecule has 0 aliphatic heterocycles. The number of para-hydroxylation sites is 1. The highest BCUT2D eigenvalue weighted by Gasteiger charge is 2.40. The van der Waals surface area contributed by atoms with Gasteiger partial charge in [-0.2, -0.15) is 0 Å². The molecule has 16 heavy (non-hydrogen) atoms. The zero-order chi connectivity index (χ0) is 11.7. The van der Waals surface area contributed by atoms with E-state index in [1.54, 1.807) is 0 Å². The Morgan fingerprint density at radius 2 is 2.06 bits per heavy atom. The molecule has 2 rings (SSSR count). The van der Waals surface area contributed by atoms with Crippen LogP contribution >= 0.6 is 0 Å². The lowest BCUT2D eigenvalue weighted by Crippen LogP contribution is -2.19. The molecule has 0 aromatic heterocycles. The van der Waals surface area contributed by atoms with Crippen LogP contribution in [0.3, 0.4) is 0 Å². The van der Waals surface area contributed by atoms with Gasteiger partial charge in [0.25, 0.3) is 0 Å². The summed E-state index contributed by atoms with van der Waals surface area (Å²) in [6.07, 6.45) is 0.815. The van der Waals surface area contributed by atoms with Crippen molar-refractivity contribution >= 4 is 11.6 Å². The molecule has 1 fully saturated rings. The number of carbonyl (C=O) groups is 1. The lowest BCUT2D eigenvalue weighted by atomic mass is 10.0. The second-order valence-electron chi connectivity index (χ2n) is 4.74. The molecule has 3 nitrogen and oxygen atoms in total. The number of anilines is 1. The predicted molar refractivity (Wildman–Crippen MR) is 65.2 cm³/mol. The molecule has 1 aliphatic rings. The molecule has 0 bridgehead atoms. The van der Waals surface area contributed by atoms with Crippen molar-refractivity contribution in [3.05, 3.63) is 29.8 Å². The molecule has 3 N–H and O–H groups in total. The van der Waals surface area contributed by atoms with E-state index in [9.17, 15) is 4.79 Å². The van der Waals surface area contributed by atoms with Crippen LogP contribution in [0.15, 0.2) is 24.3 Å². The fourth-order valence-corrected chi connectivity index (χ4v) is 1.86. The molecule has 0 radical (unpaired) electrons. The van der Waals surface area contributed by atoms with E-state index in [0.29, 0.717) is 5.92 Å². The molecule has 0 saturated heterocycles. The topological polar surface area (TPSA) is 55.1 Å². The van der Waals surface area contributed by atoms with Gasteiger partial charge in [0.05, 0.1) is 5.92 Å². The Bertz CT molecular complexity index is 401. The molecular weight excluding hydrogens is 200 g/mol. The van der Waals surface area contributed by atoms with Crippen LogP contribution in [-0.2, 0) is 4.79 Å². The summed E-state index contributed by atoms with van der Waals surface area (Å²) in [5.74, 6) is 0.477. The number of nitrogens with one attached hydrogen (secondary N) is 1. The first-order valence-corrected chi connectivity index (χ1v) is 5.75. The van der Waals surface area contributed by atoms with Crippen LogP contribution in [-0.4, -0.2) is 11.9 Å². The standard InChI is InChI=1S/C13H18N2O/c1-8(2)9-5-3-4-6-12(9)15-13(16)10-7-11(10)14/h3-6,8,10-11H,7,14H2,1-2H3,(H,15,16). The summed E-state index contributed by atoms with van der Waals surface area (Å²) in [5, 5.41) is 2.97. The molecule has 2 atom stereocenters. The smallest absolute Gasteiger partial charge is 0.229 e. The van der Waals surface area contributed by atoms with Gasteiger partial charge in [0.2, 0.25) is 5.91 Å². The SMILES string of the molecule is CC(C)c1ccccc1NC(=O)C1CC1N. The highest BCUT2D eigenvalue weighted by Crippen LogP contribution is 2.31. The van der Waals surface area contributed by atoms with Crippen LogP contribution in [0.5, 0.6) is 0 Å². The van der Waals surface area contributed by atoms with Crippen molar-refractivity contribution in [2.75, 3.05) is 5.32 Å². The number of benzene rings is 1. The predicted octanol–water partition coefficient (Wildman–Crippen LogP) is 2.10. The van der Waals surface area contributed by atoms with Crippen LogP contribution in [0, 0.1) is 5.92 Å². The lowest BCUT2D eigenvalue weighted by Gasteiger charge is -2.13. The first-order valence-electron chi connectivity index (χ1n) is 5.75. The van der Waals surface area contributed by atoms with Gasteiger partial charge in [-0.05, 0) is 24.0 Å². The van der Waals surface area contributed by atoms with Gasteiger partial charge >= 0.3 is 0 Å². The first-order chi connectivity index (χ1) is 7.59. The summed E-state index contributed by atoms with van der Waals surface area (Å²) in [6, 6.07) is 7.99. The van der Waals surface area contributed by atoms with Gasteiger partial charge < -0.3 is 11.1 Å². The molecule has 1 amide bonds. The van der Waals surface area contributed by atoms with E-state index in [0.717, 1.165) is 12.1 Å². The number of nitrogens with two attached hydrogens (primary N) is 1. The molecule has 2 unspecified atom stereocenters. The van der Waals surface area contributed by atoms with E-state index < -0.39 is 0 Å². The third-order valence-electron chi connectivity index (χ3n) is 3.02. The number of hydrogen-bond acceptors (Lipinski definition) is 2. The number of hydrogen-bond donors (Lipinski definition) is 2. The average molecular weight is 218 g/mol.